The minimum atomic E-state index is -0.196. The van der Waals surface area contributed by atoms with Crippen molar-refractivity contribution in [3.05, 3.63) is 45.8 Å². The Morgan fingerprint density at radius 2 is 1.86 bits per heavy atom. The summed E-state index contributed by atoms with van der Waals surface area (Å²) < 4.78 is 0. The maximum Gasteiger partial charge on any atom is 0.256 e. The first-order valence-electron chi connectivity index (χ1n) is 6.53. The Bertz CT molecular complexity index is 708. The van der Waals surface area contributed by atoms with E-state index in [0.717, 1.165) is 16.1 Å². The maximum atomic E-state index is 12.3. The van der Waals surface area contributed by atoms with E-state index >= 15 is 0 Å². The number of anilines is 2. The predicted molar refractivity (Wildman–Crippen MR) is 87.2 cm³/mol. The molecule has 2 aromatic rings. The van der Waals surface area contributed by atoms with Crippen LogP contribution in [0.5, 0.6) is 0 Å². The third kappa shape index (κ3) is 3.06. The molecule has 108 valence electrons. The molecule has 0 aliphatic rings. The second-order valence-corrected chi connectivity index (χ2v) is 6.22. The van der Waals surface area contributed by atoms with Gasteiger partial charge in [-0.15, -0.1) is 11.3 Å². The van der Waals surface area contributed by atoms with Crippen molar-refractivity contribution in [2.24, 2.45) is 0 Å². The van der Waals surface area contributed by atoms with Crippen LogP contribution in [0.15, 0.2) is 24.3 Å². The van der Waals surface area contributed by atoms with Crippen LogP contribution in [0.2, 0.25) is 0 Å². The molecule has 4 nitrogen and oxygen atoms in total. The van der Waals surface area contributed by atoms with E-state index in [1.54, 1.807) is 12.1 Å². The van der Waals surface area contributed by atoms with Crippen LogP contribution >= 0.6 is 11.3 Å². The summed E-state index contributed by atoms with van der Waals surface area (Å²) in [6.07, 6.45) is 0. The van der Waals surface area contributed by atoms with E-state index in [0.29, 0.717) is 16.1 Å². The maximum absolute atomic E-state index is 12.3. The number of carbonyl (C=O) groups is 1. The highest BCUT2D eigenvalue weighted by Crippen LogP contribution is 2.32. The fourth-order valence-corrected chi connectivity index (χ4v) is 2.94. The Morgan fingerprint density at radius 3 is 2.38 bits per heavy atom. The van der Waals surface area contributed by atoms with Gasteiger partial charge in [0.2, 0.25) is 0 Å². The van der Waals surface area contributed by atoms with E-state index in [1.165, 1.54) is 11.3 Å². The molecule has 1 aromatic heterocycles. The average Bonchev–Trinajstić information content (AvgIpc) is 2.73. The molecule has 0 saturated heterocycles. The molecule has 1 heterocycles. The molecule has 0 saturated carbocycles. The molecule has 2 rings (SSSR count). The minimum Gasteiger partial charge on any atom is -0.378 e. The summed E-state index contributed by atoms with van der Waals surface area (Å²) in [6.45, 7) is 3.84. The van der Waals surface area contributed by atoms with Crippen LogP contribution in [0.25, 0.3) is 0 Å². The number of nitriles is 1. The molecule has 0 aliphatic carbocycles. The van der Waals surface area contributed by atoms with Gasteiger partial charge in [0.05, 0.1) is 5.56 Å². The van der Waals surface area contributed by atoms with Crippen molar-refractivity contribution in [1.29, 1.82) is 5.26 Å². The summed E-state index contributed by atoms with van der Waals surface area (Å²) in [6, 6.07) is 9.51. The molecular formula is C16H17N3OS. The lowest BCUT2D eigenvalue weighted by molar-refractivity contribution is 0.102. The van der Waals surface area contributed by atoms with Gasteiger partial charge in [-0.25, -0.2) is 0 Å². The molecule has 1 aromatic carbocycles. The second-order valence-electron chi connectivity index (χ2n) is 4.99. The normalized spacial score (nSPS) is 10.0. The Kier molecular flexibility index (Phi) is 4.29. The highest BCUT2D eigenvalue weighted by molar-refractivity contribution is 7.16. The molecular weight excluding hydrogens is 282 g/mol. The van der Waals surface area contributed by atoms with Crippen LogP contribution in [0.3, 0.4) is 0 Å². The quantitative estimate of drug-likeness (QED) is 0.943. The molecule has 1 amide bonds. The number of aryl methyl sites for hydroxylation is 1. The Labute approximate surface area is 128 Å². The number of hydrogen-bond acceptors (Lipinski definition) is 4. The molecule has 0 radical (unpaired) electrons. The zero-order valence-electron chi connectivity index (χ0n) is 12.5. The predicted octanol–water partition coefficient (Wildman–Crippen LogP) is 3.55. The van der Waals surface area contributed by atoms with Crippen molar-refractivity contribution in [3.63, 3.8) is 0 Å². The van der Waals surface area contributed by atoms with Crippen molar-refractivity contribution in [3.8, 4) is 6.07 Å². The lowest BCUT2D eigenvalue weighted by atomic mass is 10.1. The van der Waals surface area contributed by atoms with Gasteiger partial charge < -0.3 is 10.2 Å². The summed E-state index contributed by atoms with van der Waals surface area (Å²) in [5.74, 6) is -0.196. The first-order valence-corrected chi connectivity index (χ1v) is 7.34. The number of benzene rings is 1. The van der Waals surface area contributed by atoms with Crippen LogP contribution < -0.4 is 10.2 Å². The molecule has 0 bridgehead atoms. The van der Waals surface area contributed by atoms with E-state index < -0.39 is 0 Å². The zero-order chi connectivity index (χ0) is 15.6. The van der Waals surface area contributed by atoms with Gasteiger partial charge in [-0.05, 0) is 43.7 Å². The fourth-order valence-electron chi connectivity index (χ4n) is 1.94. The molecule has 21 heavy (non-hydrogen) atoms. The highest BCUT2D eigenvalue weighted by atomic mass is 32.1. The first kappa shape index (κ1) is 15.1. The zero-order valence-corrected chi connectivity index (χ0v) is 13.3. The number of carbonyl (C=O) groups excluding carboxylic acids is 1. The number of hydrogen-bond donors (Lipinski definition) is 1. The highest BCUT2D eigenvalue weighted by Gasteiger charge is 2.15. The third-order valence-electron chi connectivity index (χ3n) is 3.37. The summed E-state index contributed by atoms with van der Waals surface area (Å²) in [5, 5.41) is 12.6. The van der Waals surface area contributed by atoms with Gasteiger partial charge in [-0.1, -0.05) is 0 Å². The fraction of sp³-hybridized carbons (Fsp3) is 0.250. The number of thiophene rings is 1. The standard InChI is InChI=1S/C16H17N3OS/c1-10-11(2)21-16(14(10)9-17)18-15(20)12-5-7-13(8-6-12)19(3)4/h5-8H,1-4H3,(H,18,20). The van der Waals surface area contributed by atoms with Crippen LogP contribution in [0, 0.1) is 25.2 Å². The average molecular weight is 299 g/mol. The molecule has 0 fully saturated rings. The van der Waals surface area contributed by atoms with Gasteiger partial charge >= 0.3 is 0 Å². The van der Waals surface area contributed by atoms with E-state index in [9.17, 15) is 10.1 Å². The van der Waals surface area contributed by atoms with Crippen LogP contribution in [-0.2, 0) is 0 Å². The molecule has 1 N–H and O–H groups in total. The van der Waals surface area contributed by atoms with Crippen molar-refractivity contribution in [1.82, 2.24) is 0 Å². The third-order valence-corrected chi connectivity index (χ3v) is 4.49. The first-order chi connectivity index (χ1) is 9.93. The van der Waals surface area contributed by atoms with Crippen molar-refractivity contribution in [2.75, 3.05) is 24.3 Å². The number of nitrogens with zero attached hydrogens (tertiary/aromatic N) is 2. The largest absolute Gasteiger partial charge is 0.378 e. The Hall–Kier alpha value is -2.32. The van der Waals surface area contributed by atoms with Gasteiger partial charge in [0.25, 0.3) is 5.91 Å². The molecule has 5 heteroatoms. The molecule has 0 aliphatic heterocycles. The summed E-state index contributed by atoms with van der Waals surface area (Å²) in [5.41, 5.74) is 3.09. The van der Waals surface area contributed by atoms with Gasteiger partial charge in [-0.2, -0.15) is 5.26 Å². The molecule has 0 unspecified atom stereocenters. The number of rotatable bonds is 3. The topological polar surface area (TPSA) is 56.1 Å². The Balaban J connectivity index is 2.22. The Morgan fingerprint density at radius 1 is 1.24 bits per heavy atom. The van der Waals surface area contributed by atoms with Gasteiger partial charge in [0, 0.05) is 30.2 Å². The van der Waals surface area contributed by atoms with Gasteiger partial charge in [0.1, 0.15) is 11.1 Å². The van der Waals surface area contributed by atoms with Crippen LogP contribution in [0.4, 0.5) is 10.7 Å². The van der Waals surface area contributed by atoms with E-state index in [2.05, 4.69) is 11.4 Å². The minimum absolute atomic E-state index is 0.196. The van der Waals surface area contributed by atoms with Crippen molar-refractivity contribution < 1.29 is 4.79 Å². The smallest absolute Gasteiger partial charge is 0.256 e. The van der Waals surface area contributed by atoms with Crippen molar-refractivity contribution >= 4 is 27.9 Å². The van der Waals surface area contributed by atoms with E-state index in [1.807, 2.05) is 45.0 Å². The lowest BCUT2D eigenvalue weighted by Gasteiger charge is -2.12. The molecule has 0 atom stereocenters. The lowest BCUT2D eigenvalue weighted by Crippen LogP contribution is -2.13. The van der Waals surface area contributed by atoms with E-state index in [-0.39, 0.29) is 5.91 Å². The monoisotopic (exact) mass is 299 g/mol. The SMILES string of the molecule is Cc1sc(NC(=O)c2ccc(N(C)C)cc2)c(C#N)c1C. The van der Waals surface area contributed by atoms with Gasteiger partial charge in [-0.3, -0.25) is 4.79 Å². The van der Waals surface area contributed by atoms with Crippen LogP contribution in [0.1, 0.15) is 26.4 Å². The summed E-state index contributed by atoms with van der Waals surface area (Å²) >= 11 is 1.43. The van der Waals surface area contributed by atoms with E-state index in [4.69, 9.17) is 0 Å². The molecule has 0 spiro atoms. The van der Waals surface area contributed by atoms with Crippen molar-refractivity contribution in [2.45, 2.75) is 13.8 Å². The number of amides is 1. The summed E-state index contributed by atoms with van der Waals surface area (Å²) in [4.78, 5) is 15.3. The van der Waals surface area contributed by atoms with Crippen LogP contribution in [-0.4, -0.2) is 20.0 Å². The summed E-state index contributed by atoms with van der Waals surface area (Å²) in [7, 11) is 3.90. The van der Waals surface area contributed by atoms with Gasteiger partial charge in [0.15, 0.2) is 0 Å². The second kappa shape index (κ2) is 5.98. The number of nitrogens with one attached hydrogen (secondary N) is 1.